The third-order valence-electron chi connectivity index (χ3n) is 2.97. The van der Waals surface area contributed by atoms with Crippen molar-refractivity contribution in [3.05, 3.63) is 61.8 Å². The Morgan fingerprint density at radius 1 is 1.30 bits per heavy atom. The van der Waals surface area contributed by atoms with Crippen LogP contribution >= 0.6 is 11.6 Å². The van der Waals surface area contributed by atoms with Crippen LogP contribution < -0.4 is 5.69 Å². The molecule has 2 aromatic rings. The molecule has 0 aliphatic carbocycles. The Balaban J connectivity index is 2.26. The van der Waals surface area contributed by atoms with E-state index in [0.29, 0.717) is 18.7 Å². The zero-order valence-electron chi connectivity index (χ0n) is 11.0. The van der Waals surface area contributed by atoms with E-state index < -0.39 is 4.92 Å². The molecule has 0 aliphatic rings. The first kappa shape index (κ1) is 14.3. The van der Waals surface area contributed by atoms with Gasteiger partial charge in [0.1, 0.15) is 0 Å². The monoisotopic (exact) mass is 295 g/mol. The van der Waals surface area contributed by atoms with E-state index in [4.69, 9.17) is 11.6 Å². The number of rotatable bonds is 5. The minimum Gasteiger partial charge on any atom is -0.299 e. The molecule has 0 bridgehead atoms. The van der Waals surface area contributed by atoms with Gasteiger partial charge in [0.25, 0.3) is 5.69 Å². The summed E-state index contributed by atoms with van der Waals surface area (Å²) in [7, 11) is 0. The second-order valence-electron chi connectivity index (χ2n) is 4.43. The lowest BCUT2D eigenvalue weighted by Crippen LogP contribution is -2.24. The lowest BCUT2D eigenvalue weighted by molar-refractivity contribution is -0.384. The zero-order chi connectivity index (χ0) is 14.7. The van der Waals surface area contributed by atoms with Crippen molar-refractivity contribution in [1.82, 2.24) is 9.13 Å². The molecular formula is C13H14ClN3O3. The lowest BCUT2D eigenvalue weighted by atomic mass is 10.2. The zero-order valence-corrected chi connectivity index (χ0v) is 11.7. The van der Waals surface area contributed by atoms with Gasteiger partial charge in [0.05, 0.1) is 16.5 Å². The Hall–Kier alpha value is -2.08. The van der Waals surface area contributed by atoms with Crippen molar-refractivity contribution in [2.45, 2.75) is 26.4 Å². The number of hydrogen-bond donors (Lipinski definition) is 0. The highest BCUT2D eigenvalue weighted by Gasteiger charge is 2.11. The van der Waals surface area contributed by atoms with E-state index in [1.807, 2.05) is 6.92 Å². The molecule has 20 heavy (non-hydrogen) atoms. The maximum absolute atomic E-state index is 12.0. The van der Waals surface area contributed by atoms with Crippen LogP contribution in [-0.4, -0.2) is 14.1 Å². The van der Waals surface area contributed by atoms with Gasteiger partial charge >= 0.3 is 5.69 Å². The molecule has 0 spiro atoms. The van der Waals surface area contributed by atoms with E-state index in [2.05, 4.69) is 0 Å². The number of halogens is 1. The molecule has 0 fully saturated rings. The van der Waals surface area contributed by atoms with Crippen LogP contribution in [0.1, 0.15) is 18.9 Å². The summed E-state index contributed by atoms with van der Waals surface area (Å²) in [6, 6.07) is 4.25. The van der Waals surface area contributed by atoms with Gasteiger partial charge < -0.3 is 0 Å². The fourth-order valence-electron chi connectivity index (χ4n) is 1.95. The molecule has 0 aliphatic heterocycles. The van der Waals surface area contributed by atoms with Gasteiger partial charge in [-0.1, -0.05) is 18.5 Å². The van der Waals surface area contributed by atoms with Crippen molar-refractivity contribution in [3.8, 4) is 0 Å². The number of aryl methyl sites for hydroxylation is 1. The fourth-order valence-corrected chi connectivity index (χ4v) is 2.18. The van der Waals surface area contributed by atoms with E-state index in [1.165, 1.54) is 16.7 Å². The summed E-state index contributed by atoms with van der Waals surface area (Å²) in [4.78, 5) is 22.2. The minimum atomic E-state index is -0.500. The Labute approximate surface area is 120 Å². The van der Waals surface area contributed by atoms with Crippen molar-refractivity contribution in [2.75, 3.05) is 0 Å². The first-order valence-electron chi connectivity index (χ1n) is 6.21. The molecule has 0 saturated carbocycles. The van der Waals surface area contributed by atoms with Gasteiger partial charge in [-0.25, -0.2) is 4.79 Å². The molecule has 0 radical (unpaired) electrons. The van der Waals surface area contributed by atoms with Crippen molar-refractivity contribution in [3.63, 3.8) is 0 Å². The molecule has 6 nitrogen and oxygen atoms in total. The summed E-state index contributed by atoms with van der Waals surface area (Å²) in [5.74, 6) is 0. The Morgan fingerprint density at radius 2 is 2.00 bits per heavy atom. The van der Waals surface area contributed by atoms with Crippen LogP contribution in [-0.2, 0) is 13.1 Å². The van der Waals surface area contributed by atoms with Crippen LogP contribution in [0.25, 0.3) is 0 Å². The van der Waals surface area contributed by atoms with E-state index in [9.17, 15) is 14.9 Å². The highest BCUT2D eigenvalue weighted by Crippen LogP contribution is 2.22. The second kappa shape index (κ2) is 5.92. The summed E-state index contributed by atoms with van der Waals surface area (Å²) in [6.45, 7) is 2.96. The summed E-state index contributed by atoms with van der Waals surface area (Å²) < 4.78 is 3.15. The average Bonchev–Trinajstić information content (AvgIpc) is 2.74. The Kier molecular flexibility index (Phi) is 4.24. The van der Waals surface area contributed by atoms with Crippen LogP contribution in [0.5, 0.6) is 0 Å². The number of aromatic nitrogens is 2. The Morgan fingerprint density at radius 3 is 2.60 bits per heavy atom. The first-order valence-corrected chi connectivity index (χ1v) is 6.59. The molecule has 1 heterocycles. The summed E-state index contributed by atoms with van der Waals surface area (Å²) in [6.07, 6.45) is 4.29. The SMILES string of the molecule is CCCn1ccn(Cc2ccc([N+](=O)[O-])cc2Cl)c1=O. The first-order chi connectivity index (χ1) is 9.52. The number of nitro groups is 1. The quantitative estimate of drug-likeness (QED) is 0.629. The van der Waals surface area contributed by atoms with Crippen LogP contribution in [0.3, 0.4) is 0 Å². The van der Waals surface area contributed by atoms with E-state index >= 15 is 0 Å². The van der Waals surface area contributed by atoms with Crippen molar-refractivity contribution >= 4 is 17.3 Å². The molecule has 0 N–H and O–H groups in total. The molecule has 0 atom stereocenters. The fraction of sp³-hybridized carbons (Fsp3) is 0.308. The largest absolute Gasteiger partial charge is 0.328 e. The predicted molar refractivity (Wildman–Crippen MR) is 76.2 cm³/mol. The third kappa shape index (κ3) is 2.91. The molecule has 0 unspecified atom stereocenters. The minimum absolute atomic E-state index is 0.0605. The van der Waals surface area contributed by atoms with E-state index in [0.717, 1.165) is 6.42 Å². The number of hydrogen-bond acceptors (Lipinski definition) is 3. The maximum atomic E-state index is 12.0. The normalized spacial score (nSPS) is 10.7. The summed E-state index contributed by atoms with van der Waals surface area (Å²) in [5, 5.41) is 10.9. The highest BCUT2D eigenvalue weighted by atomic mass is 35.5. The maximum Gasteiger partial charge on any atom is 0.328 e. The number of non-ortho nitro benzene ring substituents is 1. The molecule has 2 rings (SSSR count). The third-order valence-corrected chi connectivity index (χ3v) is 3.32. The van der Waals surface area contributed by atoms with Gasteiger partial charge in [-0.15, -0.1) is 0 Å². The number of benzene rings is 1. The smallest absolute Gasteiger partial charge is 0.299 e. The van der Waals surface area contributed by atoms with Crippen LogP contribution in [0.4, 0.5) is 5.69 Å². The molecule has 1 aromatic heterocycles. The lowest BCUT2D eigenvalue weighted by Gasteiger charge is -2.05. The van der Waals surface area contributed by atoms with Crippen molar-refractivity contribution < 1.29 is 4.92 Å². The molecule has 0 saturated heterocycles. The van der Waals surface area contributed by atoms with Gasteiger partial charge in [0.2, 0.25) is 0 Å². The molecule has 0 amide bonds. The Bertz CT molecular complexity index is 690. The number of nitro benzene ring substituents is 1. The second-order valence-corrected chi connectivity index (χ2v) is 4.84. The molecule has 106 valence electrons. The van der Waals surface area contributed by atoms with Gasteiger partial charge in [0.15, 0.2) is 0 Å². The van der Waals surface area contributed by atoms with E-state index in [1.54, 1.807) is 23.0 Å². The average molecular weight is 296 g/mol. The van der Waals surface area contributed by atoms with Gasteiger partial charge in [0, 0.05) is 31.1 Å². The standard InChI is InChI=1S/C13H14ClN3O3/c1-2-5-15-6-7-16(13(15)18)9-10-3-4-11(17(19)20)8-12(10)14/h3-4,6-8H,2,5,9H2,1H3. The van der Waals surface area contributed by atoms with Gasteiger partial charge in [-0.2, -0.15) is 0 Å². The van der Waals surface area contributed by atoms with Crippen LogP contribution in [0.15, 0.2) is 35.4 Å². The van der Waals surface area contributed by atoms with Crippen molar-refractivity contribution in [2.24, 2.45) is 0 Å². The molecule has 1 aromatic carbocycles. The van der Waals surface area contributed by atoms with E-state index in [-0.39, 0.29) is 16.4 Å². The van der Waals surface area contributed by atoms with Crippen molar-refractivity contribution in [1.29, 1.82) is 0 Å². The van der Waals surface area contributed by atoms with Gasteiger partial charge in [-0.3, -0.25) is 19.2 Å². The highest BCUT2D eigenvalue weighted by molar-refractivity contribution is 6.31. The predicted octanol–water partition coefficient (Wildman–Crippen LogP) is 2.67. The summed E-state index contributed by atoms with van der Waals surface area (Å²) in [5.41, 5.74) is 0.504. The topological polar surface area (TPSA) is 70.1 Å². The molecule has 7 heteroatoms. The summed E-state index contributed by atoms with van der Waals surface area (Å²) >= 11 is 6.02. The van der Waals surface area contributed by atoms with Crippen LogP contribution in [0, 0.1) is 10.1 Å². The van der Waals surface area contributed by atoms with Crippen LogP contribution in [0.2, 0.25) is 5.02 Å². The number of imidazole rings is 1. The van der Waals surface area contributed by atoms with Gasteiger partial charge in [-0.05, 0) is 18.1 Å². The number of nitrogens with zero attached hydrogens (tertiary/aromatic N) is 3. The molecular weight excluding hydrogens is 282 g/mol.